The number of benzene rings is 4. The van der Waals surface area contributed by atoms with E-state index in [9.17, 15) is 14.7 Å². The zero-order valence-corrected chi connectivity index (χ0v) is 22.7. The Labute approximate surface area is 235 Å². The Bertz CT molecular complexity index is 1460. The topological polar surface area (TPSA) is 90.5 Å². The normalized spacial score (nSPS) is 11.3. The van der Waals surface area contributed by atoms with Crippen LogP contribution in [0.3, 0.4) is 0 Å². The van der Waals surface area contributed by atoms with Gasteiger partial charge in [0, 0.05) is 16.3 Å². The molecule has 9 heteroatoms. The monoisotopic (exact) mass is 561 g/mol. The molecular formula is C29H24ClN3O3S2. The van der Waals surface area contributed by atoms with E-state index in [0.717, 1.165) is 27.4 Å². The number of carboxylic acids is 1. The average molecular weight is 562 g/mol. The highest BCUT2D eigenvalue weighted by Crippen LogP contribution is 2.38. The Morgan fingerprint density at radius 2 is 1.55 bits per heavy atom. The third-order valence-electron chi connectivity index (χ3n) is 5.47. The van der Waals surface area contributed by atoms with Crippen molar-refractivity contribution in [3.63, 3.8) is 0 Å². The number of carbonyl (C=O) groups excluding carboxylic acids is 1. The van der Waals surface area contributed by atoms with E-state index >= 15 is 0 Å². The van der Waals surface area contributed by atoms with E-state index in [-0.39, 0.29) is 22.2 Å². The summed E-state index contributed by atoms with van der Waals surface area (Å²) in [6.45, 7) is 2.02. The SMILES string of the molecule is Cc1ccc(NC(=S)Nc2cccc(SC(C(=O)Nc3cc(C(=O)O)ccc3Cl)c3ccccc3)c2)cc1. The molecule has 1 atom stereocenters. The van der Waals surface area contributed by atoms with Crippen molar-refractivity contribution in [3.05, 3.63) is 119 Å². The molecule has 0 heterocycles. The molecule has 0 aliphatic heterocycles. The maximum atomic E-state index is 13.5. The molecule has 0 aromatic heterocycles. The number of carboxylic acid groups (broad SMARTS) is 1. The number of amides is 1. The van der Waals surface area contributed by atoms with Crippen LogP contribution in [0.25, 0.3) is 0 Å². The van der Waals surface area contributed by atoms with E-state index in [1.165, 1.54) is 30.0 Å². The van der Waals surface area contributed by atoms with Gasteiger partial charge in [-0.05, 0) is 73.2 Å². The molecule has 0 aliphatic carbocycles. The fraction of sp³-hybridized carbons (Fsp3) is 0.0690. The lowest BCUT2D eigenvalue weighted by Gasteiger charge is -2.18. The van der Waals surface area contributed by atoms with Crippen LogP contribution >= 0.6 is 35.6 Å². The molecule has 4 aromatic rings. The third kappa shape index (κ3) is 7.35. The molecule has 6 nitrogen and oxygen atoms in total. The number of halogens is 1. The second-order valence-electron chi connectivity index (χ2n) is 8.37. The summed E-state index contributed by atoms with van der Waals surface area (Å²) in [6.07, 6.45) is 0. The number of aryl methyl sites for hydroxylation is 1. The van der Waals surface area contributed by atoms with Gasteiger partial charge in [-0.2, -0.15) is 0 Å². The number of thioether (sulfide) groups is 1. The molecule has 0 aliphatic rings. The van der Waals surface area contributed by atoms with Crippen LogP contribution < -0.4 is 16.0 Å². The highest BCUT2D eigenvalue weighted by atomic mass is 35.5. The van der Waals surface area contributed by atoms with Crippen LogP contribution in [0.15, 0.2) is 102 Å². The van der Waals surface area contributed by atoms with Crippen molar-refractivity contribution in [2.45, 2.75) is 17.1 Å². The van der Waals surface area contributed by atoms with E-state index in [2.05, 4.69) is 16.0 Å². The van der Waals surface area contributed by atoms with Crippen LogP contribution in [0.1, 0.15) is 26.7 Å². The van der Waals surface area contributed by atoms with Gasteiger partial charge in [-0.15, -0.1) is 11.8 Å². The van der Waals surface area contributed by atoms with Gasteiger partial charge in [0.2, 0.25) is 5.91 Å². The predicted octanol–water partition coefficient (Wildman–Crippen LogP) is 7.63. The van der Waals surface area contributed by atoms with Crippen molar-refractivity contribution < 1.29 is 14.7 Å². The lowest BCUT2D eigenvalue weighted by Crippen LogP contribution is -2.20. The highest BCUT2D eigenvalue weighted by Gasteiger charge is 2.23. The summed E-state index contributed by atoms with van der Waals surface area (Å²) in [5.41, 5.74) is 3.86. The zero-order valence-electron chi connectivity index (χ0n) is 20.3. The lowest BCUT2D eigenvalue weighted by molar-refractivity contribution is -0.115. The molecule has 0 fully saturated rings. The van der Waals surface area contributed by atoms with Gasteiger partial charge < -0.3 is 21.1 Å². The van der Waals surface area contributed by atoms with Gasteiger partial charge in [0.15, 0.2) is 5.11 Å². The fourth-order valence-corrected chi connectivity index (χ4v) is 5.05. The summed E-state index contributed by atoms with van der Waals surface area (Å²) >= 11 is 13.1. The maximum Gasteiger partial charge on any atom is 0.335 e. The van der Waals surface area contributed by atoms with Gasteiger partial charge in [0.05, 0.1) is 16.3 Å². The Balaban J connectivity index is 1.52. The number of carbonyl (C=O) groups is 2. The number of hydrogen-bond donors (Lipinski definition) is 4. The van der Waals surface area contributed by atoms with Gasteiger partial charge in [-0.1, -0.05) is 65.7 Å². The summed E-state index contributed by atoms with van der Waals surface area (Å²) in [5, 5.41) is 18.5. The number of anilines is 3. The summed E-state index contributed by atoms with van der Waals surface area (Å²) in [4.78, 5) is 25.7. The number of nitrogens with one attached hydrogen (secondary N) is 3. The van der Waals surface area contributed by atoms with Crippen LogP contribution in [0.5, 0.6) is 0 Å². The Morgan fingerprint density at radius 1 is 0.842 bits per heavy atom. The molecule has 4 aromatic carbocycles. The number of aromatic carboxylic acids is 1. The third-order valence-corrected chi connectivity index (χ3v) is 7.25. The van der Waals surface area contributed by atoms with Crippen molar-refractivity contribution in [3.8, 4) is 0 Å². The lowest BCUT2D eigenvalue weighted by atomic mass is 10.1. The number of hydrogen-bond acceptors (Lipinski definition) is 4. The number of rotatable bonds is 8. The first-order valence-corrected chi connectivity index (χ1v) is 13.2. The van der Waals surface area contributed by atoms with Gasteiger partial charge in [-0.3, -0.25) is 4.79 Å². The molecule has 1 amide bonds. The molecule has 192 valence electrons. The van der Waals surface area contributed by atoms with E-state index in [0.29, 0.717) is 5.11 Å². The fourth-order valence-electron chi connectivity index (χ4n) is 3.57. The predicted molar refractivity (Wildman–Crippen MR) is 160 cm³/mol. The summed E-state index contributed by atoms with van der Waals surface area (Å²) < 4.78 is 0. The molecule has 0 bridgehead atoms. The molecule has 0 saturated carbocycles. The van der Waals surface area contributed by atoms with Crippen molar-refractivity contribution in [2.24, 2.45) is 0 Å². The molecule has 0 saturated heterocycles. The Kier molecular flexibility index (Phi) is 9.02. The van der Waals surface area contributed by atoms with Crippen LogP contribution in [0.4, 0.5) is 17.1 Å². The van der Waals surface area contributed by atoms with Crippen LogP contribution in [0, 0.1) is 6.92 Å². The quantitative estimate of drug-likeness (QED) is 0.130. The van der Waals surface area contributed by atoms with Crippen molar-refractivity contribution in [2.75, 3.05) is 16.0 Å². The molecule has 4 N–H and O–H groups in total. The molecule has 1 unspecified atom stereocenters. The van der Waals surface area contributed by atoms with Crippen LogP contribution in [-0.4, -0.2) is 22.1 Å². The van der Waals surface area contributed by atoms with Gasteiger partial charge in [0.25, 0.3) is 0 Å². The standard InChI is InChI=1S/C29H24ClN3O3S2/c1-18-10-13-21(14-11-18)31-29(37)32-22-8-5-9-23(17-22)38-26(19-6-3-2-4-7-19)27(34)33-25-16-20(28(35)36)12-15-24(25)30/h2-17,26H,1H3,(H,33,34)(H,35,36)(H2,31,32,37). The molecule has 0 radical (unpaired) electrons. The van der Waals surface area contributed by atoms with Crippen molar-refractivity contribution >= 4 is 69.6 Å². The van der Waals surface area contributed by atoms with Gasteiger partial charge in [0.1, 0.15) is 5.25 Å². The first-order valence-electron chi connectivity index (χ1n) is 11.6. The van der Waals surface area contributed by atoms with E-state index in [1.54, 1.807) is 0 Å². The summed E-state index contributed by atoms with van der Waals surface area (Å²) in [6, 6.07) is 29.0. The highest BCUT2D eigenvalue weighted by molar-refractivity contribution is 8.00. The van der Waals surface area contributed by atoms with Gasteiger partial charge in [-0.25, -0.2) is 4.79 Å². The smallest absolute Gasteiger partial charge is 0.335 e. The van der Waals surface area contributed by atoms with E-state index < -0.39 is 11.2 Å². The molecule has 0 spiro atoms. The van der Waals surface area contributed by atoms with Crippen LogP contribution in [0.2, 0.25) is 5.02 Å². The minimum atomic E-state index is -1.11. The molecule has 4 rings (SSSR count). The Hall–Kier alpha value is -3.85. The van der Waals surface area contributed by atoms with E-state index in [1.807, 2.05) is 85.8 Å². The second-order valence-corrected chi connectivity index (χ2v) is 10.4. The average Bonchev–Trinajstić information content (AvgIpc) is 2.90. The van der Waals surface area contributed by atoms with Crippen LogP contribution in [-0.2, 0) is 4.79 Å². The van der Waals surface area contributed by atoms with Crippen molar-refractivity contribution in [1.29, 1.82) is 0 Å². The first-order chi connectivity index (χ1) is 18.3. The summed E-state index contributed by atoms with van der Waals surface area (Å²) in [7, 11) is 0. The van der Waals surface area contributed by atoms with Gasteiger partial charge >= 0.3 is 5.97 Å². The summed E-state index contributed by atoms with van der Waals surface area (Å²) in [5.74, 6) is -1.44. The zero-order chi connectivity index (χ0) is 27.1. The number of thiocarbonyl (C=S) groups is 1. The minimum absolute atomic E-state index is 0.0302. The molecular weight excluding hydrogens is 538 g/mol. The second kappa shape index (κ2) is 12.6. The van der Waals surface area contributed by atoms with E-state index in [4.69, 9.17) is 23.8 Å². The molecule has 38 heavy (non-hydrogen) atoms. The minimum Gasteiger partial charge on any atom is -0.478 e. The first kappa shape index (κ1) is 27.2. The largest absolute Gasteiger partial charge is 0.478 e. The Morgan fingerprint density at radius 3 is 2.26 bits per heavy atom. The van der Waals surface area contributed by atoms with Crippen molar-refractivity contribution in [1.82, 2.24) is 0 Å². The maximum absolute atomic E-state index is 13.5.